The van der Waals surface area contributed by atoms with E-state index in [4.69, 9.17) is 0 Å². The summed E-state index contributed by atoms with van der Waals surface area (Å²) in [6, 6.07) is 18.1. The third-order valence-electron chi connectivity index (χ3n) is 4.19. The molecular formula is C20H19N5OS2. The molecule has 4 rings (SSSR count). The smallest absolute Gasteiger partial charge is 0.230 e. The van der Waals surface area contributed by atoms with E-state index in [0.717, 1.165) is 26.2 Å². The predicted octanol–water partition coefficient (Wildman–Crippen LogP) is 3.65. The fraction of sp³-hybridized carbons (Fsp3) is 0.200. The normalized spacial score (nSPS) is 11.0. The van der Waals surface area contributed by atoms with Crippen molar-refractivity contribution in [1.29, 1.82) is 0 Å². The monoisotopic (exact) mass is 409 g/mol. The van der Waals surface area contributed by atoms with E-state index in [-0.39, 0.29) is 11.7 Å². The summed E-state index contributed by atoms with van der Waals surface area (Å²) < 4.78 is 3.16. The van der Waals surface area contributed by atoms with Gasteiger partial charge in [0.05, 0.1) is 29.1 Å². The number of fused-ring (bicyclic) bond motifs is 1. The van der Waals surface area contributed by atoms with Crippen LogP contribution in [-0.2, 0) is 17.9 Å². The summed E-state index contributed by atoms with van der Waals surface area (Å²) in [7, 11) is 0. The van der Waals surface area contributed by atoms with Crippen molar-refractivity contribution in [3.05, 3.63) is 71.0 Å². The average Bonchev–Trinajstić information content (AvgIpc) is 3.29. The van der Waals surface area contributed by atoms with Gasteiger partial charge in [0.15, 0.2) is 5.16 Å². The highest BCUT2D eigenvalue weighted by atomic mass is 32.2. The molecule has 0 radical (unpaired) electrons. The first-order valence-electron chi connectivity index (χ1n) is 8.87. The molecule has 0 spiro atoms. The van der Waals surface area contributed by atoms with Crippen molar-refractivity contribution in [2.45, 2.75) is 25.2 Å². The Morgan fingerprint density at radius 1 is 1.11 bits per heavy atom. The molecule has 0 saturated heterocycles. The minimum absolute atomic E-state index is 0.0452. The molecule has 2 heterocycles. The molecule has 0 aliphatic carbocycles. The Bertz CT molecular complexity index is 1060. The first kappa shape index (κ1) is 18.6. The number of rotatable bonds is 7. The number of nitrogens with zero attached hydrogens (tertiary/aromatic N) is 4. The van der Waals surface area contributed by atoms with Gasteiger partial charge < -0.3 is 9.88 Å². The molecule has 0 unspecified atom stereocenters. The Balaban J connectivity index is 1.33. The molecule has 0 bridgehead atoms. The van der Waals surface area contributed by atoms with Crippen molar-refractivity contribution in [1.82, 2.24) is 25.1 Å². The zero-order valence-electron chi connectivity index (χ0n) is 15.3. The van der Waals surface area contributed by atoms with E-state index in [9.17, 15) is 4.79 Å². The van der Waals surface area contributed by atoms with Crippen molar-refractivity contribution in [2.75, 3.05) is 5.75 Å². The van der Waals surface area contributed by atoms with Gasteiger partial charge in [-0.2, -0.15) is 0 Å². The molecule has 0 aliphatic heterocycles. The lowest BCUT2D eigenvalue weighted by atomic mass is 10.2. The largest absolute Gasteiger partial charge is 0.349 e. The maximum atomic E-state index is 12.3. The van der Waals surface area contributed by atoms with Crippen LogP contribution in [0.4, 0.5) is 0 Å². The number of thioether (sulfide) groups is 1. The van der Waals surface area contributed by atoms with Crippen LogP contribution in [0.3, 0.4) is 0 Å². The van der Waals surface area contributed by atoms with Crippen LogP contribution in [0.1, 0.15) is 16.4 Å². The lowest BCUT2D eigenvalue weighted by Gasteiger charge is -2.08. The highest BCUT2D eigenvalue weighted by Gasteiger charge is 2.13. The molecule has 0 fully saturated rings. The summed E-state index contributed by atoms with van der Waals surface area (Å²) in [6.07, 6.45) is 0. The lowest BCUT2D eigenvalue weighted by Crippen LogP contribution is -2.24. The van der Waals surface area contributed by atoms with E-state index in [0.29, 0.717) is 13.1 Å². The number of aromatic nitrogens is 4. The molecular weight excluding hydrogens is 390 g/mol. The van der Waals surface area contributed by atoms with Gasteiger partial charge in [-0.05, 0) is 24.6 Å². The summed E-state index contributed by atoms with van der Waals surface area (Å²) in [5.74, 6) is 1.08. The molecule has 28 heavy (non-hydrogen) atoms. The van der Waals surface area contributed by atoms with Gasteiger partial charge in [0.25, 0.3) is 0 Å². The van der Waals surface area contributed by atoms with Gasteiger partial charge in [0.1, 0.15) is 10.8 Å². The van der Waals surface area contributed by atoms with Crippen molar-refractivity contribution in [3.8, 4) is 0 Å². The number of hydrogen-bond donors (Lipinski definition) is 1. The Labute approximate surface area is 171 Å². The molecule has 0 atom stereocenters. The first-order chi connectivity index (χ1) is 13.7. The second kappa shape index (κ2) is 8.53. The summed E-state index contributed by atoms with van der Waals surface area (Å²) in [4.78, 5) is 16.8. The standard InChI is InChI=1S/C20H19N5OS2/c1-14-23-24-20(25(14)12-15-7-3-2-4-8-15)27-13-18(26)21-11-19-22-16-9-5-6-10-17(16)28-19/h2-10H,11-13H2,1H3,(H,21,26). The Morgan fingerprint density at radius 2 is 1.89 bits per heavy atom. The summed E-state index contributed by atoms with van der Waals surface area (Å²) >= 11 is 3.00. The maximum Gasteiger partial charge on any atom is 0.230 e. The molecule has 1 amide bonds. The van der Waals surface area contributed by atoms with E-state index in [1.807, 2.05) is 54.0 Å². The zero-order valence-corrected chi connectivity index (χ0v) is 17.0. The molecule has 142 valence electrons. The number of hydrogen-bond acceptors (Lipinski definition) is 6. The molecule has 8 heteroatoms. The predicted molar refractivity (Wildman–Crippen MR) is 112 cm³/mol. The fourth-order valence-corrected chi connectivity index (χ4v) is 4.49. The maximum absolute atomic E-state index is 12.3. The minimum Gasteiger partial charge on any atom is -0.349 e. The first-order valence-corrected chi connectivity index (χ1v) is 10.7. The number of carbonyl (C=O) groups is 1. The Kier molecular flexibility index (Phi) is 5.68. The van der Waals surface area contributed by atoms with Crippen LogP contribution in [-0.4, -0.2) is 31.4 Å². The van der Waals surface area contributed by atoms with Gasteiger partial charge in [-0.25, -0.2) is 4.98 Å². The van der Waals surface area contributed by atoms with Crippen molar-refractivity contribution < 1.29 is 4.79 Å². The van der Waals surface area contributed by atoms with Crippen LogP contribution in [0.15, 0.2) is 59.8 Å². The van der Waals surface area contributed by atoms with Gasteiger partial charge in [-0.1, -0.05) is 54.2 Å². The van der Waals surface area contributed by atoms with Crippen LogP contribution in [0.2, 0.25) is 0 Å². The number of amides is 1. The van der Waals surface area contributed by atoms with Crippen molar-refractivity contribution >= 4 is 39.2 Å². The van der Waals surface area contributed by atoms with Gasteiger partial charge in [-0.3, -0.25) is 4.79 Å². The SMILES string of the molecule is Cc1nnc(SCC(=O)NCc2nc3ccccc3s2)n1Cc1ccccc1. The molecule has 6 nitrogen and oxygen atoms in total. The number of nitrogens with one attached hydrogen (secondary N) is 1. The van der Waals surface area contributed by atoms with Crippen LogP contribution < -0.4 is 5.32 Å². The number of carbonyl (C=O) groups excluding carboxylic acids is 1. The van der Waals surface area contributed by atoms with Gasteiger partial charge in [0, 0.05) is 0 Å². The van der Waals surface area contributed by atoms with Gasteiger partial charge in [-0.15, -0.1) is 21.5 Å². The van der Waals surface area contributed by atoms with Crippen LogP contribution in [0.25, 0.3) is 10.2 Å². The van der Waals surface area contributed by atoms with Gasteiger partial charge in [0.2, 0.25) is 5.91 Å². The average molecular weight is 410 g/mol. The third-order valence-corrected chi connectivity index (χ3v) is 6.20. The summed E-state index contributed by atoms with van der Waals surface area (Å²) in [5, 5.41) is 13.0. The van der Waals surface area contributed by atoms with E-state index >= 15 is 0 Å². The third kappa shape index (κ3) is 4.40. The van der Waals surface area contributed by atoms with Crippen LogP contribution in [0.5, 0.6) is 0 Å². The highest BCUT2D eigenvalue weighted by molar-refractivity contribution is 7.99. The van der Waals surface area contributed by atoms with E-state index in [1.54, 1.807) is 11.3 Å². The quantitative estimate of drug-likeness (QED) is 0.472. The Hall–Kier alpha value is -2.71. The van der Waals surface area contributed by atoms with Crippen LogP contribution >= 0.6 is 23.1 Å². The topological polar surface area (TPSA) is 72.7 Å². The second-order valence-corrected chi connectivity index (χ2v) is 8.30. The van der Waals surface area contributed by atoms with E-state index in [2.05, 4.69) is 32.6 Å². The minimum atomic E-state index is -0.0452. The molecule has 0 saturated carbocycles. The van der Waals surface area contributed by atoms with E-state index in [1.165, 1.54) is 17.3 Å². The number of benzene rings is 2. The second-order valence-electron chi connectivity index (χ2n) is 6.24. The van der Waals surface area contributed by atoms with Crippen molar-refractivity contribution in [2.24, 2.45) is 0 Å². The Morgan fingerprint density at radius 3 is 2.71 bits per heavy atom. The molecule has 0 aliphatic rings. The lowest BCUT2D eigenvalue weighted by molar-refractivity contribution is -0.118. The summed E-state index contributed by atoms with van der Waals surface area (Å²) in [5.41, 5.74) is 2.14. The molecule has 4 aromatic rings. The number of aryl methyl sites for hydroxylation is 1. The number of thiazole rings is 1. The van der Waals surface area contributed by atoms with Gasteiger partial charge >= 0.3 is 0 Å². The molecule has 2 aromatic carbocycles. The molecule has 2 aromatic heterocycles. The van der Waals surface area contributed by atoms with Crippen LogP contribution in [0, 0.1) is 6.92 Å². The van der Waals surface area contributed by atoms with Crippen molar-refractivity contribution in [3.63, 3.8) is 0 Å². The highest BCUT2D eigenvalue weighted by Crippen LogP contribution is 2.22. The number of para-hydroxylation sites is 1. The van der Waals surface area contributed by atoms with E-state index < -0.39 is 0 Å². The fourth-order valence-electron chi connectivity index (χ4n) is 2.77. The molecule has 1 N–H and O–H groups in total. The summed E-state index contributed by atoms with van der Waals surface area (Å²) in [6.45, 7) is 3.05. The zero-order chi connectivity index (χ0) is 19.3.